The lowest BCUT2D eigenvalue weighted by molar-refractivity contribution is 0.0698. The molecule has 0 amide bonds. The van der Waals surface area contributed by atoms with E-state index in [4.69, 9.17) is 0 Å². The number of carbonyl (C=O) groups is 1. The van der Waals surface area contributed by atoms with E-state index in [9.17, 15) is 9.90 Å². The largest absolute Gasteiger partial charge is 0.478 e. The second kappa shape index (κ2) is 5.19. The number of carboxylic acid groups (broad SMARTS) is 1. The standard InChI is InChI=1S/C15H13NO2/c1-2-11-8-9-14(13(10-11)15(17)18)16-12-6-4-3-5-7-12/h2-10,16H,1H2,(H,17,18). The summed E-state index contributed by atoms with van der Waals surface area (Å²) < 4.78 is 0. The minimum atomic E-state index is -0.961. The normalized spacial score (nSPS) is 9.78. The summed E-state index contributed by atoms with van der Waals surface area (Å²) in [4.78, 5) is 11.2. The molecule has 0 aromatic heterocycles. The van der Waals surface area contributed by atoms with E-state index in [2.05, 4.69) is 11.9 Å². The minimum Gasteiger partial charge on any atom is -0.478 e. The summed E-state index contributed by atoms with van der Waals surface area (Å²) in [5.74, 6) is -0.961. The Morgan fingerprint density at radius 3 is 2.50 bits per heavy atom. The lowest BCUT2D eigenvalue weighted by Gasteiger charge is -2.10. The minimum absolute atomic E-state index is 0.233. The molecule has 0 spiro atoms. The third-order valence-corrected chi connectivity index (χ3v) is 2.56. The number of benzene rings is 2. The van der Waals surface area contributed by atoms with Gasteiger partial charge in [0.25, 0.3) is 0 Å². The van der Waals surface area contributed by atoms with Gasteiger partial charge in [0, 0.05) is 5.69 Å². The molecular weight excluding hydrogens is 226 g/mol. The molecule has 0 aliphatic rings. The van der Waals surface area contributed by atoms with Gasteiger partial charge in [-0.25, -0.2) is 4.79 Å². The van der Waals surface area contributed by atoms with Crippen molar-refractivity contribution in [3.8, 4) is 0 Å². The van der Waals surface area contributed by atoms with Gasteiger partial charge < -0.3 is 10.4 Å². The molecule has 0 aliphatic heterocycles. The van der Waals surface area contributed by atoms with Crippen molar-refractivity contribution in [3.63, 3.8) is 0 Å². The van der Waals surface area contributed by atoms with Gasteiger partial charge in [-0.2, -0.15) is 0 Å². The summed E-state index contributed by atoms with van der Waals surface area (Å²) in [6.07, 6.45) is 1.62. The first-order valence-electron chi connectivity index (χ1n) is 5.52. The molecule has 0 bridgehead atoms. The van der Waals surface area contributed by atoms with E-state index >= 15 is 0 Å². The van der Waals surface area contributed by atoms with Gasteiger partial charge in [-0.3, -0.25) is 0 Å². The third-order valence-electron chi connectivity index (χ3n) is 2.56. The Hall–Kier alpha value is -2.55. The van der Waals surface area contributed by atoms with Crippen LogP contribution in [0.15, 0.2) is 55.1 Å². The van der Waals surface area contributed by atoms with E-state index in [1.54, 1.807) is 18.2 Å². The highest BCUT2D eigenvalue weighted by atomic mass is 16.4. The highest BCUT2D eigenvalue weighted by Gasteiger charge is 2.10. The zero-order valence-electron chi connectivity index (χ0n) is 9.76. The molecule has 3 nitrogen and oxygen atoms in total. The number of anilines is 2. The number of rotatable bonds is 4. The first-order valence-corrected chi connectivity index (χ1v) is 5.52. The van der Waals surface area contributed by atoms with Crippen LogP contribution < -0.4 is 5.32 Å². The maximum atomic E-state index is 11.2. The van der Waals surface area contributed by atoms with Crippen LogP contribution in [0.3, 0.4) is 0 Å². The summed E-state index contributed by atoms with van der Waals surface area (Å²) in [7, 11) is 0. The fourth-order valence-corrected chi connectivity index (χ4v) is 1.65. The van der Waals surface area contributed by atoms with Crippen LogP contribution in [0.5, 0.6) is 0 Å². The van der Waals surface area contributed by atoms with Gasteiger partial charge in [0.1, 0.15) is 0 Å². The highest BCUT2D eigenvalue weighted by molar-refractivity contribution is 5.96. The lowest BCUT2D eigenvalue weighted by Crippen LogP contribution is -2.03. The molecule has 90 valence electrons. The van der Waals surface area contributed by atoms with Gasteiger partial charge in [-0.1, -0.05) is 36.9 Å². The molecule has 2 aromatic rings. The Balaban J connectivity index is 2.38. The van der Waals surface area contributed by atoms with Crippen LogP contribution >= 0.6 is 0 Å². The fourth-order valence-electron chi connectivity index (χ4n) is 1.65. The summed E-state index contributed by atoms with van der Waals surface area (Å²) >= 11 is 0. The van der Waals surface area contributed by atoms with Crippen LogP contribution in [0.2, 0.25) is 0 Å². The van der Waals surface area contributed by atoms with Crippen molar-refractivity contribution in [3.05, 3.63) is 66.2 Å². The Bertz CT molecular complexity index is 576. The van der Waals surface area contributed by atoms with E-state index in [0.717, 1.165) is 11.3 Å². The second-order valence-corrected chi connectivity index (χ2v) is 3.81. The molecule has 2 aromatic carbocycles. The van der Waals surface area contributed by atoms with Crippen molar-refractivity contribution in [2.45, 2.75) is 0 Å². The van der Waals surface area contributed by atoms with Crippen LogP contribution in [0, 0.1) is 0 Å². The van der Waals surface area contributed by atoms with Crippen molar-refractivity contribution in [1.82, 2.24) is 0 Å². The average molecular weight is 239 g/mol. The summed E-state index contributed by atoms with van der Waals surface area (Å²) in [5, 5.41) is 12.3. The molecule has 0 saturated heterocycles. The molecule has 18 heavy (non-hydrogen) atoms. The van der Waals surface area contributed by atoms with E-state index in [-0.39, 0.29) is 5.56 Å². The van der Waals surface area contributed by atoms with Gasteiger partial charge in [0.05, 0.1) is 11.3 Å². The highest BCUT2D eigenvalue weighted by Crippen LogP contribution is 2.22. The van der Waals surface area contributed by atoms with Crippen molar-refractivity contribution in [2.75, 3.05) is 5.32 Å². The van der Waals surface area contributed by atoms with Crippen molar-refractivity contribution in [1.29, 1.82) is 0 Å². The lowest BCUT2D eigenvalue weighted by atomic mass is 10.1. The number of hydrogen-bond acceptors (Lipinski definition) is 2. The maximum absolute atomic E-state index is 11.2. The summed E-state index contributed by atoms with van der Waals surface area (Å²) in [6, 6.07) is 14.6. The van der Waals surface area contributed by atoms with Gasteiger partial charge in [-0.15, -0.1) is 0 Å². The summed E-state index contributed by atoms with van der Waals surface area (Å²) in [6.45, 7) is 3.63. The van der Waals surface area contributed by atoms with Crippen molar-refractivity contribution >= 4 is 23.4 Å². The first-order chi connectivity index (χ1) is 8.70. The zero-order chi connectivity index (χ0) is 13.0. The van der Waals surface area contributed by atoms with E-state index < -0.39 is 5.97 Å². The number of para-hydroxylation sites is 1. The zero-order valence-corrected chi connectivity index (χ0v) is 9.76. The van der Waals surface area contributed by atoms with Crippen LogP contribution in [0.4, 0.5) is 11.4 Å². The second-order valence-electron chi connectivity index (χ2n) is 3.81. The molecule has 0 atom stereocenters. The van der Waals surface area contributed by atoms with Gasteiger partial charge in [0.15, 0.2) is 0 Å². The number of hydrogen-bond donors (Lipinski definition) is 2. The Morgan fingerprint density at radius 2 is 1.89 bits per heavy atom. The molecule has 2 N–H and O–H groups in total. The molecule has 0 heterocycles. The smallest absolute Gasteiger partial charge is 0.337 e. The molecule has 0 saturated carbocycles. The number of aromatic carboxylic acids is 1. The topological polar surface area (TPSA) is 49.3 Å². The van der Waals surface area contributed by atoms with Crippen molar-refractivity contribution in [2.24, 2.45) is 0 Å². The molecule has 0 fully saturated rings. The Labute approximate surface area is 105 Å². The predicted octanol–water partition coefficient (Wildman–Crippen LogP) is 3.77. The van der Waals surface area contributed by atoms with E-state index in [1.165, 1.54) is 0 Å². The van der Waals surface area contributed by atoms with Crippen LogP contribution in [-0.4, -0.2) is 11.1 Å². The van der Waals surface area contributed by atoms with Crippen LogP contribution in [-0.2, 0) is 0 Å². The van der Waals surface area contributed by atoms with Gasteiger partial charge in [0.2, 0.25) is 0 Å². The number of carboxylic acids is 1. The van der Waals surface area contributed by atoms with E-state index in [1.807, 2.05) is 36.4 Å². The maximum Gasteiger partial charge on any atom is 0.337 e. The quantitative estimate of drug-likeness (QED) is 0.853. The SMILES string of the molecule is C=Cc1ccc(Nc2ccccc2)c(C(=O)O)c1. The Morgan fingerprint density at radius 1 is 1.17 bits per heavy atom. The molecular formula is C15H13NO2. The van der Waals surface area contributed by atoms with Crippen molar-refractivity contribution < 1.29 is 9.90 Å². The monoisotopic (exact) mass is 239 g/mol. The molecule has 2 rings (SSSR count). The number of nitrogens with one attached hydrogen (secondary N) is 1. The first kappa shape index (κ1) is 11.9. The predicted molar refractivity (Wildman–Crippen MR) is 73.2 cm³/mol. The van der Waals surface area contributed by atoms with Crippen LogP contribution in [0.25, 0.3) is 6.08 Å². The van der Waals surface area contributed by atoms with Crippen LogP contribution in [0.1, 0.15) is 15.9 Å². The van der Waals surface area contributed by atoms with Gasteiger partial charge in [-0.05, 0) is 29.8 Å². The average Bonchev–Trinajstić information content (AvgIpc) is 2.40. The fraction of sp³-hybridized carbons (Fsp3) is 0. The molecule has 0 unspecified atom stereocenters. The third kappa shape index (κ3) is 2.58. The molecule has 3 heteroatoms. The Kier molecular flexibility index (Phi) is 3.44. The van der Waals surface area contributed by atoms with E-state index in [0.29, 0.717) is 5.69 Å². The molecule has 0 aliphatic carbocycles. The van der Waals surface area contributed by atoms with Gasteiger partial charge >= 0.3 is 5.97 Å². The summed E-state index contributed by atoms with van der Waals surface area (Å²) in [5.41, 5.74) is 2.44. The molecule has 0 radical (unpaired) electrons.